The van der Waals surface area contributed by atoms with Crippen LogP contribution in [0.15, 0.2) is 28.7 Å². The zero-order valence-corrected chi connectivity index (χ0v) is 13.4. The van der Waals surface area contributed by atoms with Crippen molar-refractivity contribution in [3.8, 4) is 0 Å². The summed E-state index contributed by atoms with van der Waals surface area (Å²) in [6.45, 7) is 3.48. The average molecular weight is 330 g/mol. The molecule has 1 atom stereocenters. The van der Waals surface area contributed by atoms with Gasteiger partial charge in [0.25, 0.3) is 0 Å². The molecule has 1 N–H and O–H groups in total. The first kappa shape index (κ1) is 16.6. The summed E-state index contributed by atoms with van der Waals surface area (Å²) >= 11 is 3.47. The Morgan fingerprint density at radius 3 is 2.42 bits per heavy atom. The molecule has 0 bridgehead atoms. The Morgan fingerprint density at radius 1 is 1.11 bits per heavy atom. The molecule has 0 spiro atoms. The minimum atomic E-state index is 0.595. The first-order valence-corrected chi connectivity index (χ1v) is 7.48. The fourth-order valence-corrected chi connectivity index (χ4v) is 2.26. The Hall–Kier alpha value is -0.420. The number of rotatable bonds is 10. The minimum Gasteiger partial charge on any atom is -0.385 e. The molecule has 0 aromatic heterocycles. The van der Waals surface area contributed by atoms with E-state index in [0.29, 0.717) is 5.92 Å². The molecule has 1 unspecified atom stereocenters. The molecule has 0 aliphatic carbocycles. The molecule has 1 aromatic carbocycles. The van der Waals surface area contributed by atoms with Gasteiger partial charge in [0, 0.05) is 31.8 Å². The van der Waals surface area contributed by atoms with Crippen molar-refractivity contribution in [2.24, 2.45) is 5.92 Å². The van der Waals surface area contributed by atoms with Crippen molar-refractivity contribution in [2.45, 2.75) is 12.8 Å². The first-order chi connectivity index (χ1) is 9.26. The number of halogens is 1. The SMILES string of the molecule is COCCNCC(CCOC)Cc1ccc(Br)cc1. The van der Waals surface area contributed by atoms with E-state index >= 15 is 0 Å². The van der Waals surface area contributed by atoms with E-state index in [1.54, 1.807) is 14.2 Å². The Balaban J connectivity index is 2.41. The number of nitrogens with one attached hydrogen (secondary N) is 1. The summed E-state index contributed by atoms with van der Waals surface area (Å²) in [7, 11) is 3.49. The minimum absolute atomic E-state index is 0.595. The van der Waals surface area contributed by atoms with E-state index in [-0.39, 0.29) is 0 Å². The third-order valence-corrected chi connectivity index (χ3v) is 3.61. The summed E-state index contributed by atoms with van der Waals surface area (Å²) in [6, 6.07) is 8.56. The van der Waals surface area contributed by atoms with Crippen LogP contribution in [-0.2, 0) is 15.9 Å². The van der Waals surface area contributed by atoms with Gasteiger partial charge in [0.2, 0.25) is 0 Å². The predicted molar refractivity (Wildman–Crippen MR) is 82.6 cm³/mol. The molecule has 0 heterocycles. The summed E-state index contributed by atoms with van der Waals surface area (Å²) in [6.07, 6.45) is 2.16. The predicted octanol–water partition coefficient (Wildman–Crippen LogP) is 2.88. The van der Waals surface area contributed by atoms with Crippen molar-refractivity contribution in [1.29, 1.82) is 0 Å². The lowest BCUT2D eigenvalue weighted by Crippen LogP contribution is -2.28. The summed E-state index contributed by atoms with van der Waals surface area (Å²) < 4.78 is 11.4. The second-order valence-corrected chi connectivity index (χ2v) is 5.59. The highest BCUT2D eigenvalue weighted by Gasteiger charge is 2.09. The molecule has 0 radical (unpaired) electrons. The van der Waals surface area contributed by atoms with Gasteiger partial charge in [-0.25, -0.2) is 0 Å². The molecule has 0 aliphatic heterocycles. The highest BCUT2D eigenvalue weighted by molar-refractivity contribution is 9.10. The van der Waals surface area contributed by atoms with Crippen molar-refractivity contribution < 1.29 is 9.47 Å². The molecule has 3 nitrogen and oxygen atoms in total. The summed E-state index contributed by atoms with van der Waals surface area (Å²) in [5.41, 5.74) is 1.37. The molecule has 0 aliphatic rings. The summed E-state index contributed by atoms with van der Waals surface area (Å²) in [4.78, 5) is 0. The molecule has 108 valence electrons. The van der Waals surface area contributed by atoms with Gasteiger partial charge >= 0.3 is 0 Å². The van der Waals surface area contributed by atoms with Crippen LogP contribution in [0.2, 0.25) is 0 Å². The fourth-order valence-electron chi connectivity index (χ4n) is 2.00. The lowest BCUT2D eigenvalue weighted by atomic mass is 9.96. The normalized spacial score (nSPS) is 12.6. The molecule has 1 aromatic rings. The molecule has 1 rings (SSSR count). The maximum Gasteiger partial charge on any atom is 0.0587 e. The molecule has 19 heavy (non-hydrogen) atoms. The third kappa shape index (κ3) is 7.67. The van der Waals surface area contributed by atoms with E-state index < -0.39 is 0 Å². The van der Waals surface area contributed by atoms with Crippen LogP contribution in [-0.4, -0.2) is 40.5 Å². The monoisotopic (exact) mass is 329 g/mol. The van der Waals surface area contributed by atoms with Crippen LogP contribution in [0.25, 0.3) is 0 Å². The van der Waals surface area contributed by atoms with Crippen molar-refractivity contribution >= 4 is 15.9 Å². The largest absolute Gasteiger partial charge is 0.385 e. The van der Waals surface area contributed by atoms with E-state index in [4.69, 9.17) is 9.47 Å². The van der Waals surface area contributed by atoms with Crippen LogP contribution >= 0.6 is 15.9 Å². The van der Waals surface area contributed by atoms with Crippen molar-refractivity contribution in [2.75, 3.05) is 40.5 Å². The van der Waals surface area contributed by atoms with Crippen LogP contribution < -0.4 is 5.32 Å². The number of ether oxygens (including phenoxy) is 2. The van der Waals surface area contributed by atoms with Crippen LogP contribution in [0.5, 0.6) is 0 Å². The quantitative estimate of drug-likeness (QED) is 0.669. The third-order valence-electron chi connectivity index (χ3n) is 3.08. The molecule has 0 saturated heterocycles. The van der Waals surface area contributed by atoms with Crippen LogP contribution in [0.3, 0.4) is 0 Å². The number of hydrogen-bond donors (Lipinski definition) is 1. The summed E-state index contributed by atoms with van der Waals surface area (Å²) in [5.74, 6) is 0.595. The summed E-state index contributed by atoms with van der Waals surface area (Å²) in [5, 5.41) is 3.44. The van der Waals surface area contributed by atoms with Gasteiger partial charge in [0.15, 0.2) is 0 Å². The van der Waals surface area contributed by atoms with E-state index in [9.17, 15) is 0 Å². The number of hydrogen-bond acceptors (Lipinski definition) is 3. The van der Waals surface area contributed by atoms with Crippen LogP contribution in [0.4, 0.5) is 0 Å². The molecule has 0 fully saturated rings. The molecule has 0 amide bonds. The maximum atomic E-state index is 5.20. The van der Waals surface area contributed by atoms with Crippen molar-refractivity contribution in [3.05, 3.63) is 34.3 Å². The lowest BCUT2D eigenvalue weighted by Gasteiger charge is -2.17. The fraction of sp³-hybridized carbons (Fsp3) is 0.600. The van der Waals surface area contributed by atoms with Gasteiger partial charge in [-0.05, 0) is 43.0 Å². The standard InChI is InChI=1S/C15H24BrNO2/c1-18-9-7-14(12-17-8-10-19-2)11-13-3-5-15(16)6-4-13/h3-6,14,17H,7-12H2,1-2H3. The van der Waals surface area contributed by atoms with Crippen LogP contribution in [0.1, 0.15) is 12.0 Å². The highest BCUT2D eigenvalue weighted by atomic mass is 79.9. The van der Waals surface area contributed by atoms with Crippen LogP contribution in [0, 0.1) is 5.92 Å². The molecular formula is C15H24BrNO2. The Morgan fingerprint density at radius 2 is 1.79 bits per heavy atom. The number of benzene rings is 1. The molecule has 4 heteroatoms. The maximum absolute atomic E-state index is 5.20. The number of methoxy groups -OCH3 is 2. The zero-order valence-electron chi connectivity index (χ0n) is 11.8. The van der Waals surface area contributed by atoms with Gasteiger partial charge in [-0.2, -0.15) is 0 Å². The van der Waals surface area contributed by atoms with Gasteiger partial charge in [-0.1, -0.05) is 28.1 Å². The van der Waals surface area contributed by atoms with E-state index in [1.165, 1.54) is 5.56 Å². The highest BCUT2D eigenvalue weighted by Crippen LogP contribution is 2.15. The lowest BCUT2D eigenvalue weighted by molar-refractivity contribution is 0.172. The van der Waals surface area contributed by atoms with Gasteiger partial charge < -0.3 is 14.8 Å². The van der Waals surface area contributed by atoms with Gasteiger partial charge in [0.1, 0.15) is 0 Å². The van der Waals surface area contributed by atoms with Crippen molar-refractivity contribution in [3.63, 3.8) is 0 Å². The average Bonchev–Trinajstić information content (AvgIpc) is 2.43. The van der Waals surface area contributed by atoms with Gasteiger partial charge in [-0.3, -0.25) is 0 Å². The van der Waals surface area contributed by atoms with Crippen molar-refractivity contribution in [1.82, 2.24) is 5.32 Å². The molecular weight excluding hydrogens is 306 g/mol. The zero-order chi connectivity index (χ0) is 13.9. The topological polar surface area (TPSA) is 30.5 Å². The van der Waals surface area contributed by atoms with Gasteiger partial charge in [0.05, 0.1) is 6.61 Å². The second-order valence-electron chi connectivity index (χ2n) is 4.68. The Labute approximate surface area is 124 Å². The van der Waals surface area contributed by atoms with E-state index in [1.807, 2.05) is 0 Å². The molecule has 0 saturated carbocycles. The first-order valence-electron chi connectivity index (χ1n) is 6.69. The Kier molecular flexibility index (Phi) is 9.08. The Bertz CT molecular complexity index is 329. The van der Waals surface area contributed by atoms with Gasteiger partial charge in [-0.15, -0.1) is 0 Å². The smallest absolute Gasteiger partial charge is 0.0587 e. The second kappa shape index (κ2) is 10.4. The van der Waals surface area contributed by atoms with E-state index in [2.05, 4.69) is 45.5 Å². The van der Waals surface area contributed by atoms with E-state index in [0.717, 1.165) is 43.6 Å².